The number of hydrogen-bond donors (Lipinski definition) is 1. The van der Waals surface area contributed by atoms with Gasteiger partial charge in [0.1, 0.15) is 11.2 Å². The molecule has 0 radical (unpaired) electrons. The Bertz CT molecular complexity index is 1010. The summed E-state index contributed by atoms with van der Waals surface area (Å²) in [6.07, 6.45) is 2.27. The molecule has 8 heteroatoms. The Balaban J connectivity index is 1.79. The molecule has 2 aromatic heterocycles. The van der Waals surface area contributed by atoms with E-state index in [2.05, 4.69) is 10.4 Å². The molecule has 0 aliphatic heterocycles. The summed E-state index contributed by atoms with van der Waals surface area (Å²) >= 11 is 1.49. The van der Waals surface area contributed by atoms with E-state index in [1.165, 1.54) is 24.8 Å². The second-order valence-corrected chi connectivity index (χ2v) is 6.72. The third kappa shape index (κ3) is 3.55. The van der Waals surface area contributed by atoms with E-state index >= 15 is 0 Å². The topological polar surface area (TPSA) is 82.5 Å². The minimum absolute atomic E-state index is 0.0919. The summed E-state index contributed by atoms with van der Waals surface area (Å²) in [6.45, 7) is 2.02. The summed E-state index contributed by atoms with van der Waals surface area (Å²) in [4.78, 5) is 30.8. The molecule has 0 spiro atoms. The normalized spacial score (nSPS) is 10.7. The van der Waals surface area contributed by atoms with E-state index in [9.17, 15) is 9.59 Å². The molecule has 7 nitrogen and oxygen atoms in total. The van der Waals surface area contributed by atoms with Crippen LogP contribution < -0.4 is 20.5 Å². The van der Waals surface area contributed by atoms with Crippen LogP contribution in [0.25, 0.3) is 10.2 Å². The molecule has 1 amide bonds. The van der Waals surface area contributed by atoms with E-state index in [1.807, 2.05) is 13.0 Å². The molecule has 0 unspecified atom stereocenters. The highest BCUT2D eigenvalue weighted by molar-refractivity contribution is 7.18. The number of carbonyl (C=O) groups excluding carboxylic acids is 1. The lowest BCUT2D eigenvalue weighted by molar-refractivity contribution is -0.116. The van der Waals surface area contributed by atoms with Gasteiger partial charge in [0.2, 0.25) is 5.91 Å². The largest absolute Gasteiger partial charge is 0.493 e. The van der Waals surface area contributed by atoms with Crippen molar-refractivity contribution in [2.75, 3.05) is 19.6 Å². The van der Waals surface area contributed by atoms with Crippen molar-refractivity contribution in [3.63, 3.8) is 0 Å². The number of benzene rings is 1. The van der Waals surface area contributed by atoms with Crippen LogP contribution in [-0.4, -0.2) is 29.8 Å². The summed E-state index contributed by atoms with van der Waals surface area (Å²) in [6, 6.07) is 7.07. The highest BCUT2D eigenvalue weighted by Gasteiger charge is 2.12. The highest BCUT2D eigenvalue weighted by Crippen LogP contribution is 2.27. The van der Waals surface area contributed by atoms with Crippen LogP contribution in [0.15, 0.2) is 35.4 Å². The van der Waals surface area contributed by atoms with E-state index in [1.54, 1.807) is 25.3 Å². The fraction of sp³-hybridized carbons (Fsp3) is 0.278. The molecule has 0 aliphatic rings. The summed E-state index contributed by atoms with van der Waals surface area (Å²) in [7, 11) is 3.09. The van der Waals surface area contributed by atoms with Gasteiger partial charge in [-0.1, -0.05) is 13.0 Å². The average molecular weight is 373 g/mol. The molecule has 0 aliphatic carbocycles. The number of fused-ring (bicyclic) bond motifs is 1. The first-order valence-electron chi connectivity index (χ1n) is 8.06. The fourth-order valence-electron chi connectivity index (χ4n) is 2.58. The molecular formula is C18H19N3O4S. The van der Waals surface area contributed by atoms with Crippen molar-refractivity contribution in [1.29, 1.82) is 0 Å². The smallest absolute Gasteiger partial charge is 0.280 e. The number of amides is 1. The summed E-state index contributed by atoms with van der Waals surface area (Å²) in [5.74, 6) is 0.807. The number of hydrogen-bond acceptors (Lipinski definition) is 6. The van der Waals surface area contributed by atoms with Gasteiger partial charge in [-0.25, -0.2) is 9.66 Å². The molecule has 0 bridgehead atoms. The number of thiophene rings is 1. The van der Waals surface area contributed by atoms with Gasteiger partial charge in [-0.2, -0.15) is 0 Å². The Morgan fingerprint density at radius 3 is 2.69 bits per heavy atom. The van der Waals surface area contributed by atoms with Gasteiger partial charge in [-0.15, -0.1) is 11.3 Å². The molecule has 0 saturated carbocycles. The predicted molar refractivity (Wildman–Crippen MR) is 101 cm³/mol. The van der Waals surface area contributed by atoms with Crippen molar-refractivity contribution in [3.8, 4) is 11.5 Å². The van der Waals surface area contributed by atoms with E-state index in [4.69, 9.17) is 9.47 Å². The summed E-state index contributed by atoms with van der Waals surface area (Å²) in [5.41, 5.74) is 3.04. The first-order chi connectivity index (χ1) is 12.5. The predicted octanol–water partition coefficient (Wildman–Crippen LogP) is 2.35. The van der Waals surface area contributed by atoms with Crippen molar-refractivity contribution in [1.82, 2.24) is 9.66 Å². The van der Waals surface area contributed by atoms with Crippen LogP contribution in [0.2, 0.25) is 0 Å². The van der Waals surface area contributed by atoms with E-state index in [0.29, 0.717) is 21.7 Å². The number of nitrogens with zero attached hydrogens (tertiary/aromatic N) is 2. The van der Waals surface area contributed by atoms with Crippen LogP contribution in [-0.2, 0) is 17.6 Å². The van der Waals surface area contributed by atoms with Crippen LogP contribution in [0.3, 0.4) is 0 Å². The maximum atomic E-state index is 12.5. The average Bonchev–Trinajstić information content (AvgIpc) is 3.08. The Morgan fingerprint density at radius 1 is 1.23 bits per heavy atom. The fourth-order valence-corrected chi connectivity index (χ4v) is 3.50. The quantitative estimate of drug-likeness (QED) is 0.717. The minimum Gasteiger partial charge on any atom is -0.493 e. The molecule has 26 heavy (non-hydrogen) atoms. The molecule has 0 fully saturated rings. The molecule has 1 N–H and O–H groups in total. The maximum Gasteiger partial charge on any atom is 0.280 e. The highest BCUT2D eigenvalue weighted by atomic mass is 32.1. The van der Waals surface area contributed by atoms with Crippen molar-refractivity contribution in [3.05, 3.63) is 51.4 Å². The van der Waals surface area contributed by atoms with Gasteiger partial charge in [0.15, 0.2) is 11.5 Å². The second kappa shape index (κ2) is 7.57. The zero-order valence-electron chi connectivity index (χ0n) is 14.7. The maximum absolute atomic E-state index is 12.5. The lowest BCUT2D eigenvalue weighted by Gasteiger charge is -2.10. The number of carbonyl (C=O) groups is 1. The second-order valence-electron chi connectivity index (χ2n) is 5.61. The lowest BCUT2D eigenvalue weighted by Crippen LogP contribution is -2.33. The SMILES string of the molecule is CCc1cc2c(=O)n(NC(=O)Cc3ccc(OC)c(OC)c3)cnc2s1. The molecule has 3 rings (SSSR count). The summed E-state index contributed by atoms with van der Waals surface area (Å²) in [5, 5.41) is 0.515. The molecular weight excluding hydrogens is 354 g/mol. The van der Waals surface area contributed by atoms with Gasteiger partial charge < -0.3 is 9.47 Å². The summed E-state index contributed by atoms with van der Waals surface area (Å²) < 4.78 is 11.5. The molecule has 136 valence electrons. The molecule has 3 aromatic rings. The number of aryl methyl sites for hydroxylation is 1. The lowest BCUT2D eigenvalue weighted by atomic mass is 10.1. The van der Waals surface area contributed by atoms with Gasteiger partial charge >= 0.3 is 0 Å². The number of rotatable bonds is 6. The van der Waals surface area contributed by atoms with E-state index < -0.39 is 0 Å². The van der Waals surface area contributed by atoms with Crippen molar-refractivity contribution >= 4 is 27.5 Å². The first kappa shape index (κ1) is 17.9. The van der Waals surface area contributed by atoms with Crippen LogP contribution in [0.5, 0.6) is 11.5 Å². The third-order valence-electron chi connectivity index (χ3n) is 3.91. The number of methoxy groups -OCH3 is 2. The number of aromatic nitrogens is 2. The molecule has 0 atom stereocenters. The molecule has 2 heterocycles. The van der Waals surface area contributed by atoms with Gasteiger partial charge in [0, 0.05) is 4.88 Å². The number of ether oxygens (including phenoxy) is 2. The Morgan fingerprint density at radius 2 is 2.00 bits per heavy atom. The monoisotopic (exact) mass is 373 g/mol. The Labute approximate surface area is 154 Å². The minimum atomic E-state index is -0.327. The first-order valence-corrected chi connectivity index (χ1v) is 8.88. The van der Waals surface area contributed by atoms with Crippen LogP contribution in [0.4, 0.5) is 0 Å². The van der Waals surface area contributed by atoms with Crippen LogP contribution in [0, 0.1) is 0 Å². The van der Waals surface area contributed by atoms with Crippen molar-refractivity contribution in [2.24, 2.45) is 0 Å². The third-order valence-corrected chi connectivity index (χ3v) is 5.10. The van der Waals surface area contributed by atoms with Crippen LogP contribution in [0.1, 0.15) is 17.4 Å². The Kier molecular flexibility index (Phi) is 5.22. The molecule has 0 saturated heterocycles. The van der Waals surface area contributed by atoms with Gasteiger partial charge in [0.05, 0.1) is 26.0 Å². The standard InChI is InChI=1S/C18H19N3O4S/c1-4-12-9-13-17(26-12)19-10-21(18(13)23)20-16(22)8-11-5-6-14(24-2)15(7-11)25-3/h5-7,9-10H,4,8H2,1-3H3,(H,20,22). The van der Waals surface area contributed by atoms with Gasteiger partial charge in [0.25, 0.3) is 5.56 Å². The molecule has 1 aromatic carbocycles. The van der Waals surface area contributed by atoms with Crippen molar-refractivity contribution < 1.29 is 14.3 Å². The van der Waals surface area contributed by atoms with E-state index in [0.717, 1.165) is 21.5 Å². The van der Waals surface area contributed by atoms with Gasteiger partial charge in [-0.3, -0.25) is 15.0 Å². The van der Waals surface area contributed by atoms with Crippen molar-refractivity contribution in [2.45, 2.75) is 19.8 Å². The zero-order chi connectivity index (χ0) is 18.7. The zero-order valence-corrected chi connectivity index (χ0v) is 15.6. The number of nitrogens with one attached hydrogen (secondary N) is 1. The van der Waals surface area contributed by atoms with E-state index in [-0.39, 0.29) is 17.9 Å². The van der Waals surface area contributed by atoms with Gasteiger partial charge in [-0.05, 0) is 30.2 Å². The Hall–Kier alpha value is -2.87. The van der Waals surface area contributed by atoms with Crippen LogP contribution >= 0.6 is 11.3 Å².